The van der Waals surface area contributed by atoms with E-state index in [1.165, 1.54) is 18.2 Å². The molecule has 7 nitrogen and oxygen atoms in total. The molecule has 0 atom stereocenters. The summed E-state index contributed by atoms with van der Waals surface area (Å²) in [7, 11) is 0. The summed E-state index contributed by atoms with van der Waals surface area (Å²) in [4.78, 5) is 22.8. The Hall–Kier alpha value is -3.57. The molecule has 33 heavy (non-hydrogen) atoms. The minimum Gasteiger partial charge on any atom is -0.487 e. The SMILES string of the molecule is N#C/C(=C\c1ccc(OCc2ccc(Cl)cc2)c(Cl)c1)C(=O)Nc1cc([N+](=O)[O-])ccc1Cl. The first-order valence-corrected chi connectivity index (χ1v) is 10.4. The van der Waals surface area contributed by atoms with Crippen LogP contribution in [-0.2, 0) is 11.4 Å². The molecule has 0 aliphatic heterocycles. The Morgan fingerprint density at radius 1 is 1.06 bits per heavy atom. The van der Waals surface area contributed by atoms with Gasteiger partial charge in [0.05, 0.1) is 20.7 Å². The van der Waals surface area contributed by atoms with Crippen LogP contribution >= 0.6 is 34.8 Å². The van der Waals surface area contributed by atoms with Crippen molar-refractivity contribution in [1.82, 2.24) is 0 Å². The lowest BCUT2D eigenvalue weighted by Gasteiger charge is -2.09. The zero-order chi connectivity index (χ0) is 24.0. The summed E-state index contributed by atoms with van der Waals surface area (Å²) in [6, 6.07) is 17.4. The number of benzene rings is 3. The molecule has 0 saturated heterocycles. The number of halogens is 3. The molecule has 0 aliphatic carbocycles. The predicted octanol–water partition coefficient (Wildman–Crippen LogP) is 6.68. The van der Waals surface area contributed by atoms with Gasteiger partial charge in [-0.05, 0) is 47.5 Å². The van der Waals surface area contributed by atoms with Crippen molar-refractivity contribution in [2.24, 2.45) is 0 Å². The van der Waals surface area contributed by atoms with Crippen LogP contribution in [0.4, 0.5) is 11.4 Å². The average Bonchev–Trinajstić information content (AvgIpc) is 2.79. The number of non-ortho nitro benzene ring substituents is 1. The van der Waals surface area contributed by atoms with Gasteiger partial charge in [0.25, 0.3) is 11.6 Å². The number of ether oxygens (including phenoxy) is 1. The first-order chi connectivity index (χ1) is 15.8. The average molecular weight is 503 g/mol. The number of nitrogens with one attached hydrogen (secondary N) is 1. The monoisotopic (exact) mass is 501 g/mol. The van der Waals surface area contributed by atoms with Crippen LogP contribution in [0.2, 0.25) is 15.1 Å². The number of nitro groups is 1. The molecule has 0 aliphatic rings. The van der Waals surface area contributed by atoms with Gasteiger partial charge in [-0.2, -0.15) is 5.26 Å². The maximum Gasteiger partial charge on any atom is 0.271 e. The van der Waals surface area contributed by atoms with Crippen molar-refractivity contribution < 1.29 is 14.5 Å². The highest BCUT2D eigenvalue weighted by molar-refractivity contribution is 6.34. The van der Waals surface area contributed by atoms with Gasteiger partial charge in [-0.25, -0.2) is 0 Å². The van der Waals surface area contributed by atoms with Crippen molar-refractivity contribution >= 4 is 58.2 Å². The first-order valence-electron chi connectivity index (χ1n) is 9.30. The molecule has 0 aromatic heterocycles. The molecule has 1 amide bonds. The highest BCUT2D eigenvalue weighted by Crippen LogP contribution is 2.29. The van der Waals surface area contributed by atoms with E-state index in [1.807, 2.05) is 12.1 Å². The summed E-state index contributed by atoms with van der Waals surface area (Å²) < 4.78 is 5.71. The molecule has 1 N–H and O–H groups in total. The quantitative estimate of drug-likeness (QED) is 0.168. The number of carbonyl (C=O) groups excluding carboxylic acids is 1. The topological polar surface area (TPSA) is 105 Å². The van der Waals surface area contributed by atoms with Crippen LogP contribution in [-0.4, -0.2) is 10.8 Å². The number of nitriles is 1. The third-order valence-electron chi connectivity index (χ3n) is 4.35. The Labute approximate surface area is 203 Å². The molecular weight excluding hydrogens is 489 g/mol. The van der Waals surface area contributed by atoms with Crippen molar-refractivity contribution in [1.29, 1.82) is 5.26 Å². The minimum absolute atomic E-state index is 0.0148. The largest absolute Gasteiger partial charge is 0.487 e. The van der Waals surface area contributed by atoms with E-state index in [0.717, 1.165) is 11.6 Å². The van der Waals surface area contributed by atoms with Crippen molar-refractivity contribution in [3.63, 3.8) is 0 Å². The first kappa shape index (κ1) is 24.1. The molecule has 0 heterocycles. The highest BCUT2D eigenvalue weighted by atomic mass is 35.5. The number of hydrogen-bond donors (Lipinski definition) is 1. The van der Waals surface area contributed by atoms with E-state index >= 15 is 0 Å². The van der Waals surface area contributed by atoms with Crippen LogP contribution < -0.4 is 10.1 Å². The van der Waals surface area contributed by atoms with Crippen molar-refractivity contribution in [2.75, 3.05) is 5.32 Å². The van der Waals surface area contributed by atoms with E-state index in [2.05, 4.69) is 5.32 Å². The highest BCUT2D eigenvalue weighted by Gasteiger charge is 2.15. The fourth-order valence-corrected chi connectivity index (χ4v) is 3.23. The second kappa shape index (κ2) is 10.8. The van der Waals surface area contributed by atoms with Gasteiger partial charge in [-0.1, -0.05) is 53.0 Å². The summed E-state index contributed by atoms with van der Waals surface area (Å²) >= 11 is 18.1. The molecule has 0 bridgehead atoms. The van der Waals surface area contributed by atoms with E-state index in [1.54, 1.807) is 36.4 Å². The Kier molecular flexibility index (Phi) is 7.91. The van der Waals surface area contributed by atoms with E-state index in [4.69, 9.17) is 39.5 Å². The van der Waals surface area contributed by atoms with Crippen LogP contribution in [0.15, 0.2) is 66.2 Å². The Balaban J connectivity index is 1.74. The van der Waals surface area contributed by atoms with Crippen LogP contribution in [0.1, 0.15) is 11.1 Å². The van der Waals surface area contributed by atoms with Gasteiger partial charge in [0.2, 0.25) is 0 Å². The lowest BCUT2D eigenvalue weighted by molar-refractivity contribution is -0.384. The molecule has 0 spiro atoms. The second-order valence-electron chi connectivity index (χ2n) is 6.65. The van der Waals surface area contributed by atoms with Crippen LogP contribution in [0.3, 0.4) is 0 Å². The van der Waals surface area contributed by atoms with Gasteiger partial charge < -0.3 is 10.1 Å². The van der Waals surface area contributed by atoms with Gasteiger partial charge in [-0.15, -0.1) is 0 Å². The normalized spacial score (nSPS) is 10.9. The maximum atomic E-state index is 12.5. The fourth-order valence-electron chi connectivity index (χ4n) is 2.69. The summed E-state index contributed by atoms with van der Waals surface area (Å²) in [6.07, 6.45) is 1.33. The summed E-state index contributed by atoms with van der Waals surface area (Å²) in [5, 5.41) is 23.8. The molecule has 0 fully saturated rings. The van der Waals surface area contributed by atoms with Crippen molar-refractivity contribution in [2.45, 2.75) is 6.61 Å². The number of carbonyl (C=O) groups is 1. The third-order valence-corrected chi connectivity index (χ3v) is 5.23. The Morgan fingerprint density at radius 2 is 1.79 bits per heavy atom. The predicted molar refractivity (Wildman–Crippen MR) is 128 cm³/mol. The zero-order valence-electron chi connectivity index (χ0n) is 16.7. The number of anilines is 1. The van der Waals surface area contributed by atoms with Crippen LogP contribution in [0, 0.1) is 21.4 Å². The van der Waals surface area contributed by atoms with E-state index in [9.17, 15) is 20.2 Å². The molecule has 0 unspecified atom stereocenters. The van der Waals surface area contributed by atoms with Gasteiger partial charge in [0.1, 0.15) is 24.0 Å². The smallest absolute Gasteiger partial charge is 0.271 e. The molecule has 0 saturated carbocycles. The number of hydrogen-bond acceptors (Lipinski definition) is 5. The second-order valence-corrected chi connectivity index (χ2v) is 7.90. The maximum absolute atomic E-state index is 12.5. The van der Waals surface area contributed by atoms with Crippen molar-refractivity contribution in [3.8, 4) is 11.8 Å². The lowest BCUT2D eigenvalue weighted by atomic mass is 10.1. The summed E-state index contributed by atoms with van der Waals surface area (Å²) in [5.41, 5.74) is 0.904. The molecule has 10 heteroatoms. The number of nitrogens with zero attached hydrogens (tertiary/aromatic N) is 2. The molecule has 0 radical (unpaired) electrons. The lowest BCUT2D eigenvalue weighted by Crippen LogP contribution is -2.14. The van der Waals surface area contributed by atoms with E-state index in [0.29, 0.717) is 16.3 Å². The standard InChI is InChI=1S/C23H14Cl3N3O4/c24-17-4-1-14(2-5-17)13-33-22-8-3-15(10-20(22)26)9-16(12-27)23(30)28-21-11-18(29(31)32)6-7-19(21)25/h1-11H,13H2,(H,28,30)/b16-9+. The summed E-state index contributed by atoms with van der Waals surface area (Å²) in [6.45, 7) is 0.280. The van der Waals surface area contributed by atoms with E-state index < -0.39 is 10.8 Å². The number of nitro benzene ring substituents is 1. The summed E-state index contributed by atoms with van der Waals surface area (Å²) in [5.74, 6) is -0.353. The molecule has 3 rings (SSSR count). The minimum atomic E-state index is -0.779. The van der Waals surface area contributed by atoms with Crippen LogP contribution in [0.25, 0.3) is 6.08 Å². The van der Waals surface area contributed by atoms with Gasteiger partial charge in [0, 0.05) is 17.2 Å². The zero-order valence-corrected chi connectivity index (χ0v) is 19.0. The number of amides is 1. The van der Waals surface area contributed by atoms with Crippen LogP contribution in [0.5, 0.6) is 5.75 Å². The molecular formula is C23H14Cl3N3O4. The Morgan fingerprint density at radius 3 is 2.42 bits per heavy atom. The van der Waals surface area contributed by atoms with E-state index in [-0.39, 0.29) is 33.6 Å². The van der Waals surface area contributed by atoms with Crippen molar-refractivity contribution in [3.05, 3.63) is 103 Å². The van der Waals surface area contributed by atoms with Gasteiger partial charge >= 0.3 is 0 Å². The van der Waals surface area contributed by atoms with Gasteiger partial charge in [-0.3, -0.25) is 14.9 Å². The Bertz CT molecular complexity index is 1290. The fraction of sp³-hybridized carbons (Fsp3) is 0.0435. The number of rotatable bonds is 7. The van der Waals surface area contributed by atoms with Gasteiger partial charge in [0.15, 0.2) is 0 Å². The molecule has 3 aromatic rings. The molecule has 166 valence electrons. The third kappa shape index (κ3) is 6.46. The molecule has 3 aromatic carbocycles.